The number of aromatic carboxylic acids is 1. The summed E-state index contributed by atoms with van der Waals surface area (Å²) in [5.41, 5.74) is 1.62. The van der Waals surface area contributed by atoms with Crippen molar-refractivity contribution in [3.05, 3.63) is 41.6 Å². The van der Waals surface area contributed by atoms with Gasteiger partial charge in [-0.15, -0.1) is 0 Å². The number of hydrogen-bond acceptors (Lipinski definition) is 3. The highest BCUT2D eigenvalue weighted by Gasteiger charge is 2.29. The molecule has 1 aliphatic rings. The molecule has 4 nitrogen and oxygen atoms in total. The molecule has 0 amide bonds. The first-order valence-corrected chi connectivity index (χ1v) is 7.05. The van der Waals surface area contributed by atoms with Crippen LogP contribution in [0.15, 0.2) is 34.9 Å². The van der Waals surface area contributed by atoms with Crippen LogP contribution in [-0.2, 0) is 0 Å². The first kappa shape index (κ1) is 12.9. The predicted octanol–water partition coefficient (Wildman–Crippen LogP) is 4.09. The van der Waals surface area contributed by atoms with Crippen LogP contribution in [-0.4, -0.2) is 16.2 Å². The van der Waals surface area contributed by atoms with Gasteiger partial charge in [-0.1, -0.05) is 54.8 Å². The maximum atomic E-state index is 11.6. The highest BCUT2D eigenvalue weighted by molar-refractivity contribution is 5.95. The quantitative estimate of drug-likeness (QED) is 0.913. The predicted molar refractivity (Wildman–Crippen MR) is 74.7 cm³/mol. The van der Waals surface area contributed by atoms with Gasteiger partial charge in [-0.3, -0.25) is 0 Å². The van der Waals surface area contributed by atoms with Crippen LogP contribution in [0.25, 0.3) is 11.3 Å². The van der Waals surface area contributed by atoms with E-state index in [1.807, 2.05) is 30.3 Å². The van der Waals surface area contributed by atoms with Crippen molar-refractivity contribution in [2.45, 2.75) is 38.0 Å². The largest absolute Gasteiger partial charge is 0.477 e. The lowest BCUT2D eigenvalue weighted by Gasteiger charge is -2.19. The minimum atomic E-state index is -0.953. The van der Waals surface area contributed by atoms with Crippen molar-refractivity contribution < 1.29 is 14.4 Å². The van der Waals surface area contributed by atoms with E-state index in [1.54, 1.807) is 0 Å². The third-order valence-corrected chi connectivity index (χ3v) is 3.96. The average molecular weight is 271 g/mol. The van der Waals surface area contributed by atoms with E-state index in [0.29, 0.717) is 11.5 Å². The summed E-state index contributed by atoms with van der Waals surface area (Å²) in [7, 11) is 0. The van der Waals surface area contributed by atoms with Crippen LogP contribution in [0.2, 0.25) is 0 Å². The van der Waals surface area contributed by atoms with Gasteiger partial charge >= 0.3 is 5.97 Å². The van der Waals surface area contributed by atoms with Gasteiger partial charge in [-0.2, -0.15) is 0 Å². The molecule has 0 saturated heterocycles. The normalized spacial score (nSPS) is 16.2. The Hall–Kier alpha value is -2.10. The van der Waals surface area contributed by atoms with Crippen molar-refractivity contribution in [2.75, 3.05) is 0 Å². The summed E-state index contributed by atoms with van der Waals surface area (Å²) in [6.45, 7) is 0. The summed E-state index contributed by atoms with van der Waals surface area (Å²) in [5, 5.41) is 13.6. The van der Waals surface area contributed by atoms with E-state index in [-0.39, 0.29) is 11.5 Å². The molecule has 4 heteroatoms. The van der Waals surface area contributed by atoms with E-state index in [0.717, 1.165) is 31.2 Å². The van der Waals surface area contributed by atoms with Crippen LogP contribution in [0.5, 0.6) is 0 Å². The minimum absolute atomic E-state index is 0.219. The molecule has 0 aliphatic heterocycles. The Labute approximate surface area is 117 Å². The molecule has 0 radical (unpaired) electrons. The molecule has 1 saturated carbocycles. The van der Waals surface area contributed by atoms with Crippen LogP contribution >= 0.6 is 0 Å². The third-order valence-electron chi connectivity index (χ3n) is 3.96. The maximum absolute atomic E-state index is 11.6. The van der Waals surface area contributed by atoms with Crippen LogP contribution in [0.1, 0.15) is 54.1 Å². The van der Waals surface area contributed by atoms with Crippen LogP contribution in [0, 0.1) is 0 Å². The highest BCUT2D eigenvalue weighted by atomic mass is 16.5. The fourth-order valence-electron chi connectivity index (χ4n) is 2.95. The number of nitrogens with zero attached hydrogens (tertiary/aromatic N) is 1. The zero-order valence-corrected chi connectivity index (χ0v) is 11.2. The smallest absolute Gasteiger partial charge is 0.341 e. The monoisotopic (exact) mass is 271 g/mol. The van der Waals surface area contributed by atoms with E-state index in [2.05, 4.69) is 5.16 Å². The van der Waals surface area contributed by atoms with Crippen LogP contribution in [0.4, 0.5) is 0 Å². The molecule has 0 unspecified atom stereocenters. The van der Waals surface area contributed by atoms with Crippen molar-refractivity contribution in [1.29, 1.82) is 0 Å². The molecule has 20 heavy (non-hydrogen) atoms. The Morgan fingerprint density at radius 3 is 2.50 bits per heavy atom. The zero-order chi connectivity index (χ0) is 13.9. The van der Waals surface area contributed by atoms with Gasteiger partial charge in [-0.25, -0.2) is 4.79 Å². The third kappa shape index (κ3) is 2.33. The van der Waals surface area contributed by atoms with Crippen molar-refractivity contribution in [3.63, 3.8) is 0 Å². The second kappa shape index (κ2) is 5.49. The van der Waals surface area contributed by atoms with E-state index in [1.165, 1.54) is 6.42 Å². The first-order valence-electron chi connectivity index (χ1n) is 7.05. The lowest BCUT2D eigenvalue weighted by molar-refractivity contribution is 0.0695. The molecule has 104 valence electrons. The van der Waals surface area contributed by atoms with Gasteiger partial charge in [0.2, 0.25) is 0 Å². The van der Waals surface area contributed by atoms with Gasteiger partial charge in [0.05, 0.1) is 0 Å². The van der Waals surface area contributed by atoms with Gasteiger partial charge < -0.3 is 9.63 Å². The van der Waals surface area contributed by atoms with E-state index in [9.17, 15) is 9.90 Å². The number of hydrogen-bond donors (Lipinski definition) is 1. The van der Waals surface area contributed by atoms with Crippen LogP contribution in [0.3, 0.4) is 0 Å². The fourth-order valence-corrected chi connectivity index (χ4v) is 2.95. The molecule has 1 aliphatic carbocycles. The molecule has 1 N–H and O–H groups in total. The number of carboxylic acid groups (broad SMARTS) is 1. The first-order chi connectivity index (χ1) is 9.77. The topological polar surface area (TPSA) is 63.3 Å². The minimum Gasteiger partial charge on any atom is -0.477 e. The number of rotatable bonds is 3. The molecule has 0 atom stereocenters. The SMILES string of the molecule is O=C(O)c1c(C2CCCCC2)noc1-c1ccccc1. The molecular formula is C16H17NO3. The molecule has 2 aromatic rings. The van der Waals surface area contributed by atoms with Gasteiger partial charge in [0.1, 0.15) is 11.3 Å². The molecule has 0 bridgehead atoms. The molecular weight excluding hydrogens is 254 g/mol. The molecule has 1 fully saturated rings. The van der Waals surface area contributed by atoms with E-state index < -0.39 is 5.97 Å². The van der Waals surface area contributed by atoms with E-state index in [4.69, 9.17) is 4.52 Å². The number of carboxylic acids is 1. The van der Waals surface area contributed by atoms with Crippen molar-refractivity contribution in [1.82, 2.24) is 5.16 Å². The second-order valence-corrected chi connectivity index (χ2v) is 5.28. The number of benzene rings is 1. The molecule has 1 heterocycles. The Morgan fingerprint density at radius 2 is 1.85 bits per heavy atom. The van der Waals surface area contributed by atoms with E-state index >= 15 is 0 Å². The maximum Gasteiger partial charge on any atom is 0.341 e. The summed E-state index contributed by atoms with van der Waals surface area (Å²) in [6, 6.07) is 9.31. The van der Waals surface area contributed by atoms with Crippen LogP contribution < -0.4 is 0 Å². The van der Waals surface area contributed by atoms with Crippen molar-refractivity contribution >= 4 is 5.97 Å². The molecule has 1 aromatic carbocycles. The van der Waals surface area contributed by atoms with Crippen molar-refractivity contribution in [2.24, 2.45) is 0 Å². The summed E-state index contributed by atoms with van der Waals surface area (Å²) in [4.78, 5) is 11.6. The Morgan fingerprint density at radius 1 is 1.15 bits per heavy atom. The molecule has 0 spiro atoms. The van der Waals surface area contributed by atoms with Gasteiger partial charge in [-0.05, 0) is 12.8 Å². The summed E-state index contributed by atoms with van der Waals surface area (Å²) in [6.07, 6.45) is 5.50. The lowest BCUT2D eigenvalue weighted by Crippen LogP contribution is -2.10. The Kier molecular flexibility index (Phi) is 3.54. The van der Waals surface area contributed by atoms with Crippen molar-refractivity contribution in [3.8, 4) is 11.3 Å². The van der Waals surface area contributed by atoms with Gasteiger partial charge in [0, 0.05) is 11.5 Å². The van der Waals surface area contributed by atoms with Gasteiger partial charge in [0.25, 0.3) is 0 Å². The number of aromatic nitrogens is 1. The second-order valence-electron chi connectivity index (χ2n) is 5.28. The van der Waals surface area contributed by atoms with Gasteiger partial charge in [0.15, 0.2) is 5.76 Å². The molecule has 1 aromatic heterocycles. The molecule has 3 rings (SSSR count). The standard InChI is InChI=1S/C16H17NO3/c18-16(19)13-14(11-7-3-1-4-8-11)17-20-15(13)12-9-5-2-6-10-12/h2,5-6,9-11H,1,3-4,7-8H2,(H,18,19). The summed E-state index contributed by atoms with van der Waals surface area (Å²) >= 11 is 0. The fraction of sp³-hybridized carbons (Fsp3) is 0.375. The zero-order valence-electron chi connectivity index (χ0n) is 11.2. The lowest BCUT2D eigenvalue weighted by atomic mass is 9.85. The number of carbonyl (C=O) groups is 1. The summed E-state index contributed by atoms with van der Waals surface area (Å²) in [5.74, 6) is -0.361. The summed E-state index contributed by atoms with van der Waals surface area (Å²) < 4.78 is 5.37. The Bertz CT molecular complexity index is 597. The average Bonchev–Trinajstić information content (AvgIpc) is 2.94. The highest BCUT2D eigenvalue weighted by Crippen LogP contribution is 2.37. The Balaban J connectivity index is 2.04.